The average Bonchev–Trinajstić information content (AvgIpc) is 3.55. The summed E-state index contributed by atoms with van der Waals surface area (Å²) in [5.41, 5.74) is 3.04. The number of likely N-dealkylation sites (tertiary alicyclic amines) is 1. The fourth-order valence-electron chi connectivity index (χ4n) is 6.10. The van der Waals surface area contributed by atoms with Crippen LogP contribution in [0, 0.1) is 24.1 Å². The number of nitriles is 1. The second-order valence-electron chi connectivity index (χ2n) is 10.6. The highest BCUT2D eigenvalue weighted by atomic mass is 19.1. The Labute approximate surface area is 219 Å². The van der Waals surface area contributed by atoms with Gasteiger partial charge in [0.05, 0.1) is 17.4 Å². The number of aromatic amines is 1. The first-order chi connectivity index (χ1) is 18.4. The lowest BCUT2D eigenvalue weighted by molar-refractivity contribution is 0.282. The van der Waals surface area contributed by atoms with E-state index in [1.165, 1.54) is 6.07 Å². The van der Waals surface area contributed by atoms with Gasteiger partial charge >= 0.3 is 0 Å². The number of likely N-dealkylation sites (N-methyl/N-ethyl adjacent to an activating group) is 1. The maximum Gasteiger partial charge on any atom is 0.272 e. The Bertz CT molecular complexity index is 1650. The van der Waals surface area contributed by atoms with Gasteiger partial charge in [-0.2, -0.15) is 10.4 Å². The molecule has 2 aliphatic heterocycles. The number of halogens is 1. The molecule has 6 rings (SSSR count). The van der Waals surface area contributed by atoms with E-state index >= 15 is 4.39 Å². The first-order valence-corrected chi connectivity index (χ1v) is 13.2. The Kier molecular flexibility index (Phi) is 6.13. The molecule has 1 aromatic carbocycles. The summed E-state index contributed by atoms with van der Waals surface area (Å²) >= 11 is 0. The summed E-state index contributed by atoms with van der Waals surface area (Å²) in [4.78, 5) is 23.2. The van der Waals surface area contributed by atoms with Crippen LogP contribution in [0.25, 0.3) is 33.2 Å². The van der Waals surface area contributed by atoms with Gasteiger partial charge in [-0.3, -0.25) is 14.5 Å². The van der Waals surface area contributed by atoms with E-state index in [4.69, 9.17) is 4.98 Å². The minimum absolute atomic E-state index is 0.0277. The molecule has 9 nitrogen and oxygen atoms in total. The predicted octanol–water partition coefficient (Wildman–Crippen LogP) is 3.15. The Balaban J connectivity index is 1.68. The molecule has 196 valence electrons. The van der Waals surface area contributed by atoms with E-state index in [1.807, 2.05) is 37.9 Å². The molecular weight excluding hydrogens is 483 g/mol. The zero-order valence-electron chi connectivity index (χ0n) is 21.9. The van der Waals surface area contributed by atoms with E-state index < -0.39 is 5.82 Å². The van der Waals surface area contributed by atoms with Crippen molar-refractivity contribution in [2.45, 2.75) is 45.3 Å². The van der Waals surface area contributed by atoms with Crippen molar-refractivity contribution >= 4 is 27.6 Å². The molecular formula is C28H31FN8O. The molecule has 0 spiro atoms. The molecule has 3 aromatic heterocycles. The summed E-state index contributed by atoms with van der Waals surface area (Å²) in [7, 11) is 2.05. The highest BCUT2D eigenvalue weighted by Crippen LogP contribution is 2.37. The lowest BCUT2D eigenvalue weighted by Crippen LogP contribution is -2.51. The number of aromatic nitrogens is 4. The average molecular weight is 515 g/mol. The topological polar surface area (TPSA) is 106 Å². The zero-order chi connectivity index (χ0) is 26.6. The number of nitrogens with zero attached hydrogens (tertiary/aromatic N) is 6. The zero-order valence-corrected chi connectivity index (χ0v) is 21.9. The van der Waals surface area contributed by atoms with Crippen LogP contribution in [0.3, 0.4) is 0 Å². The summed E-state index contributed by atoms with van der Waals surface area (Å²) in [5, 5.41) is 21.9. The van der Waals surface area contributed by atoms with Crippen molar-refractivity contribution in [2.24, 2.45) is 0 Å². The van der Waals surface area contributed by atoms with Crippen molar-refractivity contribution < 1.29 is 4.39 Å². The van der Waals surface area contributed by atoms with Gasteiger partial charge in [-0.25, -0.2) is 9.37 Å². The molecule has 2 aliphatic rings. The molecule has 2 saturated heterocycles. The molecule has 0 radical (unpaired) electrons. The van der Waals surface area contributed by atoms with E-state index in [0.29, 0.717) is 48.5 Å². The Morgan fingerprint density at radius 2 is 2.11 bits per heavy atom. The molecule has 0 amide bonds. The van der Waals surface area contributed by atoms with Gasteiger partial charge in [0.15, 0.2) is 0 Å². The van der Waals surface area contributed by atoms with E-state index in [9.17, 15) is 10.1 Å². The fourth-order valence-corrected chi connectivity index (χ4v) is 6.10. The second kappa shape index (κ2) is 9.49. The van der Waals surface area contributed by atoms with E-state index in [0.717, 1.165) is 35.9 Å². The number of anilines is 1. The van der Waals surface area contributed by atoms with Gasteiger partial charge in [0.1, 0.15) is 28.8 Å². The van der Waals surface area contributed by atoms with Crippen LogP contribution >= 0.6 is 0 Å². The summed E-state index contributed by atoms with van der Waals surface area (Å²) in [6.07, 6.45) is 3.67. The first-order valence-electron chi connectivity index (χ1n) is 13.2. The third-order valence-corrected chi connectivity index (χ3v) is 8.20. The van der Waals surface area contributed by atoms with Crippen molar-refractivity contribution in [1.82, 2.24) is 30.0 Å². The smallest absolute Gasteiger partial charge is 0.272 e. The number of rotatable bonds is 4. The largest absolute Gasteiger partial charge is 0.364 e. The Morgan fingerprint density at radius 3 is 2.84 bits per heavy atom. The minimum Gasteiger partial charge on any atom is -0.364 e. The summed E-state index contributed by atoms with van der Waals surface area (Å²) in [5.74, 6) is -0.495. The third-order valence-electron chi connectivity index (χ3n) is 8.20. The number of piperazine rings is 1. The molecule has 38 heavy (non-hydrogen) atoms. The van der Waals surface area contributed by atoms with Crippen molar-refractivity contribution in [2.75, 3.05) is 38.1 Å². The fraction of sp³-hybridized carbons (Fsp3) is 0.429. The molecule has 10 heteroatoms. The molecule has 0 saturated carbocycles. The number of hydrogen-bond donors (Lipinski definition) is 2. The van der Waals surface area contributed by atoms with Gasteiger partial charge in [0, 0.05) is 54.6 Å². The van der Waals surface area contributed by atoms with Crippen molar-refractivity contribution in [3.8, 4) is 17.3 Å². The molecule has 0 aliphatic carbocycles. The number of pyridine rings is 2. The highest BCUT2D eigenvalue weighted by Gasteiger charge is 2.30. The van der Waals surface area contributed by atoms with Crippen LogP contribution < -0.4 is 15.8 Å². The van der Waals surface area contributed by atoms with Crippen LogP contribution in [-0.2, 0) is 6.54 Å². The van der Waals surface area contributed by atoms with E-state index in [2.05, 4.69) is 26.5 Å². The highest BCUT2D eigenvalue weighted by molar-refractivity contribution is 5.99. The summed E-state index contributed by atoms with van der Waals surface area (Å²) < 4.78 is 17.7. The number of fused-ring (bicyclic) bond motifs is 2. The number of benzene rings is 1. The quantitative estimate of drug-likeness (QED) is 0.431. The van der Waals surface area contributed by atoms with Crippen molar-refractivity contribution in [3.63, 3.8) is 0 Å². The molecule has 5 heterocycles. The number of hydrogen-bond acceptors (Lipinski definition) is 7. The maximum atomic E-state index is 16.1. The minimum atomic E-state index is -0.495. The van der Waals surface area contributed by atoms with Gasteiger partial charge in [0.25, 0.3) is 5.56 Å². The second-order valence-corrected chi connectivity index (χ2v) is 10.6. The lowest BCUT2D eigenvalue weighted by Gasteiger charge is -2.37. The standard InChI is InChI=1S/C28H31FN8O/c1-16-6-7-23-21(14-32-34-23)24(16)25-22(29)11-19-26(36-10-8-31-13-17(36)2)20(12-30)28(38)37(27(19)33-25)15-18-5-4-9-35(18)3/h6-7,11,14,17-18,31H,4-5,8-10,13,15H2,1-3H3,(H,32,34)/t17-,18-/m0/s1. The Morgan fingerprint density at radius 1 is 1.26 bits per heavy atom. The number of aryl methyl sites for hydroxylation is 1. The Hall–Kier alpha value is -3.81. The molecule has 4 aromatic rings. The third kappa shape index (κ3) is 3.85. The van der Waals surface area contributed by atoms with Crippen LogP contribution in [-0.4, -0.2) is 70.0 Å². The summed E-state index contributed by atoms with van der Waals surface area (Å²) in [6, 6.07) is 7.63. The van der Waals surface area contributed by atoms with Crippen LogP contribution in [0.1, 0.15) is 30.9 Å². The van der Waals surface area contributed by atoms with E-state index in [1.54, 1.807) is 10.8 Å². The van der Waals surface area contributed by atoms with Crippen LogP contribution in [0.5, 0.6) is 0 Å². The van der Waals surface area contributed by atoms with Gasteiger partial charge in [-0.15, -0.1) is 0 Å². The monoisotopic (exact) mass is 514 g/mol. The first kappa shape index (κ1) is 24.5. The molecule has 0 bridgehead atoms. The lowest BCUT2D eigenvalue weighted by atomic mass is 9.99. The van der Waals surface area contributed by atoms with E-state index in [-0.39, 0.29) is 28.9 Å². The molecule has 0 unspecified atom stereocenters. The van der Waals surface area contributed by atoms with Crippen LogP contribution in [0.2, 0.25) is 0 Å². The molecule has 2 N–H and O–H groups in total. The van der Waals surface area contributed by atoms with Crippen LogP contribution in [0.4, 0.5) is 10.1 Å². The SMILES string of the molecule is Cc1ccc2[nH]ncc2c1-c1nc2c(cc1F)c(N1CCNC[C@@H]1C)c(C#N)c(=O)n2C[C@@H]1CCCN1C. The predicted molar refractivity (Wildman–Crippen MR) is 146 cm³/mol. The van der Waals surface area contributed by atoms with Gasteiger partial charge in [-0.05, 0) is 58.0 Å². The van der Waals surface area contributed by atoms with Crippen molar-refractivity contribution in [3.05, 3.63) is 51.7 Å². The normalized spacial score (nSPS) is 20.4. The maximum absolute atomic E-state index is 16.1. The molecule has 2 fully saturated rings. The van der Waals surface area contributed by atoms with Gasteiger partial charge < -0.3 is 15.1 Å². The van der Waals surface area contributed by atoms with Gasteiger partial charge in [-0.1, -0.05) is 6.07 Å². The summed E-state index contributed by atoms with van der Waals surface area (Å²) in [6.45, 7) is 7.33. The van der Waals surface area contributed by atoms with Crippen LogP contribution in [0.15, 0.2) is 29.2 Å². The number of H-pyrrole nitrogens is 1. The van der Waals surface area contributed by atoms with Crippen molar-refractivity contribution in [1.29, 1.82) is 5.26 Å². The number of nitrogens with one attached hydrogen (secondary N) is 2. The van der Waals surface area contributed by atoms with Gasteiger partial charge in [0.2, 0.25) is 0 Å². The molecule has 2 atom stereocenters.